The van der Waals surface area contributed by atoms with Crippen molar-refractivity contribution in [2.45, 2.75) is 6.04 Å². The zero-order valence-electron chi connectivity index (χ0n) is 8.05. The maximum absolute atomic E-state index is 5.39. The minimum Gasteiger partial charge on any atom is -0.467 e. The van der Waals surface area contributed by atoms with E-state index in [1.807, 2.05) is 30.5 Å². The number of benzene rings is 1. The molecule has 1 unspecified atom stereocenters. The van der Waals surface area contributed by atoms with Crippen LogP contribution in [0.25, 0.3) is 0 Å². The van der Waals surface area contributed by atoms with Crippen molar-refractivity contribution in [1.82, 2.24) is 5.43 Å². The number of nitrogens with one attached hydrogen (secondary N) is 1. The van der Waals surface area contributed by atoms with Crippen LogP contribution in [-0.2, 0) is 0 Å². The summed E-state index contributed by atoms with van der Waals surface area (Å²) < 4.78 is 5.39. The Labute approximate surface area is 87.4 Å². The summed E-state index contributed by atoms with van der Waals surface area (Å²) in [6.07, 6.45) is 3.51. The Balaban J connectivity index is 2.10. The fourth-order valence-corrected chi connectivity index (χ4v) is 1.81. The highest BCUT2D eigenvalue weighted by atomic mass is 16.3. The van der Waals surface area contributed by atoms with Crippen molar-refractivity contribution in [3.63, 3.8) is 0 Å². The van der Waals surface area contributed by atoms with Gasteiger partial charge >= 0.3 is 0 Å². The molecule has 3 heteroatoms. The molecule has 1 atom stereocenters. The van der Waals surface area contributed by atoms with E-state index in [-0.39, 0.29) is 6.04 Å². The molecule has 2 aromatic rings. The third-order valence-electron chi connectivity index (χ3n) is 2.54. The molecular weight excluding hydrogens is 188 g/mol. The van der Waals surface area contributed by atoms with Crippen LogP contribution in [0.5, 0.6) is 0 Å². The smallest absolute Gasteiger partial charge is 0.132 e. The molecule has 1 N–H and O–H groups in total. The number of rotatable bonds is 1. The summed E-state index contributed by atoms with van der Waals surface area (Å²) in [7, 11) is 0. The lowest BCUT2D eigenvalue weighted by molar-refractivity contribution is 0.451. The summed E-state index contributed by atoms with van der Waals surface area (Å²) in [5.74, 6) is 0.888. The Morgan fingerprint density at radius 1 is 1.13 bits per heavy atom. The number of hydrogen-bond acceptors (Lipinski definition) is 3. The van der Waals surface area contributed by atoms with Crippen molar-refractivity contribution in [2.24, 2.45) is 5.10 Å². The van der Waals surface area contributed by atoms with Crippen LogP contribution in [0.2, 0.25) is 0 Å². The van der Waals surface area contributed by atoms with Gasteiger partial charge in [-0.15, -0.1) is 0 Å². The molecule has 1 aliphatic rings. The van der Waals surface area contributed by atoms with E-state index in [9.17, 15) is 0 Å². The molecule has 3 rings (SSSR count). The predicted molar refractivity (Wildman–Crippen MR) is 57.7 cm³/mol. The molecule has 2 heterocycles. The number of furan rings is 1. The first kappa shape index (κ1) is 8.29. The number of nitrogens with zero attached hydrogens (tertiary/aromatic N) is 1. The van der Waals surface area contributed by atoms with Gasteiger partial charge in [-0.1, -0.05) is 24.3 Å². The molecule has 0 aliphatic carbocycles. The lowest BCUT2D eigenvalue weighted by atomic mass is 9.99. The van der Waals surface area contributed by atoms with Gasteiger partial charge in [0, 0.05) is 5.56 Å². The number of fused-ring (bicyclic) bond motifs is 1. The summed E-state index contributed by atoms with van der Waals surface area (Å²) in [5.41, 5.74) is 5.39. The lowest BCUT2D eigenvalue weighted by Crippen LogP contribution is -2.22. The van der Waals surface area contributed by atoms with Crippen LogP contribution in [0.3, 0.4) is 0 Å². The molecule has 0 saturated carbocycles. The summed E-state index contributed by atoms with van der Waals surface area (Å²) >= 11 is 0. The Kier molecular flexibility index (Phi) is 1.81. The normalized spacial score (nSPS) is 18.3. The highest BCUT2D eigenvalue weighted by molar-refractivity contribution is 5.83. The van der Waals surface area contributed by atoms with Crippen LogP contribution in [0.4, 0.5) is 0 Å². The molecule has 0 spiro atoms. The van der Waals surface area contributed by atoms with Crippen molar-refractivity contribution in [3.05, 3.63) is 59.5 Å². The Hall–Kier alpha value is -2.03. The van der Waals surface area contributed by atoms with E-state index in [2.05, 4.69) is 22.7 Å². The molecule has 0 saturated heterocycles. The minimum absolute atomic E-state index is 0.0289. The molecule has 0 bridgehead atoms. The molecular formula is C12H10N2O. The summed E-state index contributed by atoms with van der Waals surface area (Å²) in [5, 5.41) is 4.12. The Morgan fingerprint density at radius 2 is 2.07 bits per heavy atom. The first-order valence-electron chi connectivity index (χ1n) is 4.86. The molecule has 0 fully saturated rings. The van der Waals surface area contributed by atoms with Gasteiger partial charge in [-0.2, -0.15) is 5.10 Å². The average molecular weight is 198 g/mol. The molecule has 1 aliphatic heterocycles. The Bertz CT molecular complexity index is 488. The topological polar surface area (TPSA) is 37.5 Å². The van der Waals surface area contributed by atoms with E-state index in [1.165, 1.54) is 5.56 Å². The van der Waals surface area contributed by atoms with E-state index in [0.717, 1.165) is 11.3 Å². The fourth-order valence-electron chi connectivity index (χ4n) is 1.81. The van der Waals surface area contributed by atoms with E-state index >= 15 is 0 Å². The fraction of sp³-hybridized carbons (Fsp3) is 0.0833. The maximum Gasteiger partial charge on any atom is 0.132 e. The van der Waals surface area contributed by atoms with Crippen LogP contribution < -0.4 is 5.43 Å². The second-order valence-electron chi connectivity index (χ2n) is 3.46. The third kappa shape index (κ3) is 1.32. The first-order chi connectivity index (χ1) is 7.45. The maximum atomic E-state index is 5.39. The molecule has 1 aromatic carbocycles. The second kappa shape index (κ2) is 3.28. The van der Waals surface area contributed by atoms with E-state index in [1.54, 1.807) is 6.26 Å². The molecule has 15 heavy (non-hydrogen) atoms. The third-order valence-corrected chi connectivity index (χ3v) is 2.54. The van der Waals surface area contributed by atoms with E-state index in [4.69, 9.17) is 4.42 Å². The van der Waals surface area contributed by atoms with E-state index < -0.39 is 0 Å². The van der Waals surface area contributed by atoms with Gasteiger partial charge in [0.05, 0.1) is 12.5 Å². The highest BCUT2D eigenvalue weighted by Gasteiger charge is 2.20. The van der Waals surface area contributed by atoms with Crippen LogP contribution in [0, 0.1) is 0 Å². The highest BCUT2D eigenvalue weighted by Crippen LogP contribution is 2.26. The summed E-state index contributed by atoms with van der Waals surface area (Å²) in [6, 6.07) is 12.0. The minimum atomic E-state index is 0.0289. The van der Waals surface area contributed by atoms with Gasteiger partial charge in [0.2, 0.25) is 0 Å². The van der Waals surface area contributed by atoms with Gasteiger partial charge in [-0.3, -0.25) is 5.43 Å². The van der Waals surface area contributed by atoms with Crippen LogP contribution in [0.15, 0.2) is 52.2 Å². The van der Waals surface area contributed by atoms with Crippen molar-refractivity contribution in [1.29, 1.82) is 0 Å². The van der Waals surface area contributed by atoms with Crippen molar-refractivity contribution in [3.8, 4) is 0 Å². The van der Waals surface area contributed by atoms with E-state index in [0.29, 0.717) is 0 Å². The molecule has 74 valence electrons. The van der Waals surface area contributed by atoms with Crippen LogP contribution in [-0.4, -0.2) is 6.21 Å². The molecule has 0 radical (unpaired) electrons. The second-order valence-corrected chi connectivity index (χ2v) is 3.46. The lowest BCUT2D eigenvalue weighted by Gasteiger charge is -2.20. The van der Waals surface area contributed by atoms with Crippen molar-refractivity contribution < 1.29 is 4.42 Å². The van der Waals surface area contributed by atoms with Gasteiger partial charge < -0.3 is 4.42 Å². The zero-order valence-corrected chi connectivity index (χ0v) is 8.05. The Morgan fingerprint density at radius 3 is 2.93 bits per heavy atom. The monoisotopic (exact) mass is 198 g/mol. The predicted octanol–water partition coefficient (Wildman–Crippen LogP) is 2.31. The average Bonchev–Trinajstić information content (AvgIpc) is 2.82. The van der Waals surface area contributed by atoms with Gasteiger partial charge in [-0.25, -0.2) is 0 Å². The van der Waals surface area contributed by atoms with Crippen LogP contribution >= 0.6 is 0 Å². The van der Waals surface area contributed by atoms with Crippen LogP contribution in [0.1, 0.15) is 22.9 Å². The SMILES string of the molecule is C1=NNC(c2ccco2)c2ccccc21. The van der Waals surface area contributed by atoms with Crippen molar-refractivity contribution >= 4 is 6.21 Å². The van der Waals surface area contributed by atoms with Gasteiger partial charge in [0.1, 0.15) is 11.8 Å². The number of hydrogen-bond donors (Lipinski definition) is 1. The van der Waals surface area contributed by atoms with Gasteiger partial charge in [-0.05, 0) is 17.7 Å². The van der Waals surface area contributed by atoms with Crippen molar-refractivity contribution in [2.75, 3.05) is 0 Å². The molecule has 0 amide bonds. The largest absolute Gasteiger partial charge is 0.467 e. The standard InChI is InChI=1S/C12H10N2O/c1-2-5-10-9(4-1)8-13-14-12(10)11-6-3-7-15-11/h1-8,12,14H. The van der Waals surface area contributed by atoms with Gasteiger partial charge in [0.15, 0.2) is 0 Å². The molecule has 1 aromatic heterocycles. The summed E-state index contributed by atoms with van der Waals surface area (Å²) in [6.45, 7) is 0. The zero-order chi connectivity index (χ0) is 10.1. The molecule has 3 nitrogen and oxygen atoms in total. The van der Waals surface area contributed by atoms with Gasteiger partial charge in [0.25, 0.3) is 0 Å². The quantitative estimate of drug-likeness (QED) is 0.763. The number of hydrazone groups is 1. The summed E-state index contributed by atoms with van der Waals surface area (Å²) in [4.78, 5) is 0. The first-order valence-corrected chi connectivity index (χ1v) is 4.86.